The highest BCUT2D eigenvalue weighted by Gasteiger charge is 2.09. The van der Waals surface area contributed by atoms with Gasteiger partial charge in [-0.3, -0.25) is 4.79 Å². The van der Waals surface area contributed by atoms with E-state index in [9.17, 15) is 4.79 Å². The molecule has 1 aromatic carbocycles. The predicted molar refractivity (Wildman–Crippen MR) is 60.0 cm³/mol. The maximum atomic E-state index is 11.5. The number of benzene rings is 1. The Hall–Kier alpha value is -0.380. The number of Topliss-reactive ketones (excluding diaryl/α,β-unsaturated/α-hetero) is 1. The summed E-state index contributed by atoms with van der Waals surface area (Å²) in [5.74, 6) is -0.0932. The molecule has 0 aliphatic carbocycles. The fraction of sp³-hybridized carbons (Fsp3) is 0.300. The summed E-state index contributed by atoms with van der Waals surface area (Å²) < 4.78 is 5.87. The molecule has 0 amide bonds. The molecule has 4 heteroatoms. The van der Waals surface area contributed by atoms with Crippen LogP contribution in [0.3, 0.4) is 0 Å². The van der Waals surface area contributed by atoms with Crippen LogP contribution in [0.1, 0.15) is 17.3 Å². The van der Waals surface area contributed by atoms with E-state index in [0.29, 0.717) is 17.2 Å². The first kappa shape index (κ1) is 11.7. The molecule has 0 aliphatic rings. The Morgan fingerprint density at radius 2 is 2.29 bits per heavy atom. The minimum absolute atomic E-state index is 0.0812. The van der Waals surface area contributed by atoms with Gasteiger partial charge in [0.1, 0.15) is 6.61 Å². The standard InChI is InChI=1S/C10H10BrClO2/c1-2-14-6-10(13)8-4-3-7(11)5-9(8)12/h3-5H,2,6H2,1H3. The van der Waals surface area contributed by atoms with Crippen LogP contribution in [0.5, 0.6) is 0 Å². The van der Waals surface area contributed by atoms with Gasteiger partial charge in [0, 0.05) is 16.6 Å². The average Bonchev–Trinajstić information content (AvgIpc) is 2.14. The van der Waals surface area contributed by atoms with Crippen molar-refractivity contribution in [1.82, 2.24) is 0 Å². The molecule has 0 atom stereocenters. The van der Waals surface area contributed by atoms with Crippen LogP contribution in [0.4, 0.5) is 0 Å². The van der Waals surface area contributed by atoms with Gasteiger partial charge in [-0.15, -0.1) is 0 Å². The summed E-state index contributed by atoms with van der Waals surface area (Å²) in [6, 6.07) is 5.17. The molecule has 0 bridgehead atoms. The van der Waals surface area contributed by atoms with Gasteiger partial charge in [0.25, 0.3) is 0 Å². The molecule has 1 rings (SSSR count). The minimum atomic E-state index is -0.0932. The average molecular weight is 278 g/mol. The fourth-order valence-corrected chi connectivity index (χ4v) is 1.77. The molecule has 0 N–H and O–H groups in total. The first-order valence-corrected chi connectivity index (χ1v) is 5.38. The van der Waals surface area contributed by atoms with Crippen molar-refractivity contribution in [3.05, 3.63) is 33.3 Å². The molecule has 0 spiro atoms. The van der Waals surface area contributed by atoms with Crippen molar-refractivity contribution >= 4 is 33.3 Å². The molecule has 0 radical (unpaired) electrons. The number of carbonyl (C=O) groups is 1. The van der Waals surface area contributed by atoms with Gasteiger partial charge < -0.3 is 4.74 Å². The second-order valence-electron chi connectivity index (χ2n) is 2.68. The third-order valence-electron chi connectivity index (χ3n) is 1.67. The predicted octanol–water partition coefficient (Wildman–Crippen LogP) is 3.32. The topological polar surface area (TPSA) is 26.3 Å². The third kappa shape index (κ3) is 3.08. The molecule has 14 heavy (non-hydrogen) atoms. The van der Waals surface area contributed by atoms with E-state index >= 15 is 0 Å². The van der Waals surface area contributed by atoms with Crippen LogP contribution < -0.4 is 0 Å². The molecule has 0 fully saturated rings. The highest BCUT2D eigenvalue weighted by atomic mass is 79.9. The molecule has 2 nitrogen and oxygen atoms in total. The van der Waals surface area contributed by atoms with E-state index in [-0.39, 0.29) is 12.4 Å². The van der Waals surface area contributed by atoms with Gasteiger partial charge in [-0.05, 0) is 25.1 Å². The Balaban J connectivity index is 2.80. The fourth-order valence-electron chi connectivity index (χ4n) is 0.988. The van der Waals surface area contributed by atoms with Gasteiger partial charge in [-0.1, -0.05) is 27.5 Å². The summed E-state index contributed by atoms with van der Waals surface area (Å²) in [5.41, 5.74) is 0.503. The molecular weight excluding hydrogens is 267 g/mol. The monoisotopic (exact) mass is 276 g/mol. The third-order valence-corrected chi connectivity index (χ3v) is 2.47. The quantitative estimate of drug-likeness (QED) is 0.789. The summed E-state index contributed by atoms with van der Waals surface area (Å²) >= 11 is 9.17. The SMILES string of the molecule is CCOCC(=O)c1ccc(Br)cc1Cl. The zero-order chi connectivity index (χ0) is 10.6. The van der Waals surface area contributed by atoms with Crippen molar-refractivity contribution in [3.63, 3.8) is 0 Å². The van der Waals surface area contributed by atoms with E-state index in [1.807, 2.05) is 6.92 Å². The molecular formula is C10H10BrClO2. The van der Waals surface area contributed by atoms with Crippen LogP contribution in [-0.2, 0) is 4.74 Å². The Labute approximate surface area is 96.3 Å². The van der Waals surface area contributed by atoms with Crippen molar-refractivity contribution in [3.8, 4) is 0 Å². The molecule has 1 aromatic rings. The summed E-state index contributed by atoms with van der Waals surface area (Å²) in [6.45, 7) is 2.45. The van der Waals surface area contributed by atoms with Crippen molar-refractivity contribution < 1.29 is 9.53 Å². The lowest BCUT2D eigenvalue weighted by molar-refractivity contribution is 0.0783. The zero-order valence-corrected chi connectivity index (χ0v) is 10.1. The van der Waals surface area contributed by atoms with Crippen LogP contribution in [-0.4, -0.2) is 19.0 Å². The lowest BCUT2D eigenvalue weighted by Crippen LogP contribution is -2.09. The molecule has 0 heterocycles. The number of hydrogen-bond acceptors (Lipinski definition) is 2. The highest BCUT2D eigenvalue weighted by molar-refractivity contribution is 9.10. The van der Waals surface area contributed by atoms with E-state index < -0.39 is 0 Å². The number of ketones is 1. The van der Waals surface area contributed by atoms with Crippen LogP contribution in [0.2, 0.25) is 5.02 Å². The first-order chi connectivity index (χ1) is 6.65. The van der Waals surface area contributed by atoms with Crippen molar-refractivity contribution in [1.29, 1.82) is 0 Å². The van der Waals surface area contributed by atoms with Crippen LogP contribution in [0, 0.1) is 0 Å². The Morgan fingerprint density at radius 3 is 2.86 bits per heavy atom. The summed E-state index contributed by atoms with van der Waals surface area (Å²) in [7, 11) is 0. The van der Waals surface area contributed by atoms with E-state index in [4.69, 9.17) is 16.3 Å². The maximum absolute atomic E-state index is 11.5. The summed E-state index contributed by atoms with van der Waals surface area (Å²) in [6.07, 6.45) is 0. The van der Waals surface area contributed by atoms with Crippen molar-refractivity contribution in [2.24, 2.45) is 0 Å². The van der Waals surface area contributed by atoms with E-state index in [2.05, 4.69) is 15.9 Å². The highest BCUT2D eigenvalue weighted by Crippen LogP contribution is 2.21. The normalized spacial score (nSPS) is 10.2. The van der Waals surface area contributed by atoms with E-state index in [0.717, 1.165) is 4.47 Å². The van der Waals surface area contributed by atoms with Crippen molar-refractivity contribution in [2.45, 2.75) is 6.92 Å². The Bertz CT molecular complexity index is 339. The largest absolute Gasteiger partial charge is 0.374 e. The van der Waals surface area contributed by atoms with Crippen LogP contribution >= 0.6 is 27.5 Å². The summed E-state index contributed by atoms with van der Waals surface area (Å²) in [4.78, 5) is 11.5. The van der Waals surface area contributed by atoms with Gasteiger partial charge in [0.05, 0.1) is 5.02 Å². The Morgan fingerprint density at radius 1 is 1.57 bits per heavy atom. The summed E-state index contributed by atoms with van der Waals surface area (Å²) in [5, 5.41) is 0.448. The van der Waals surface area contributed by atoms with Crippen LogP contribution in [0.15, 0.2) is 22.7 Å². The van der Waals surface area contributed by atoms with E-state index in [1.165, 1.54) is 0 Å². The van der Waals surface area contributed by atoms with Gasteiger partial charge in [-0.25, -0.2) is 0 Å². The maximum Gasteiger partial charge on any atom is 0.189 e. The zero-order valence-electron chi connectivity index (χ0n) is 7.72. The van der Waals surface area contributed by atoms with Gasteiger partial charge in [-0.2, -0.15) is 0 Å². The minimum Gasteiger partial charge on any atom is -0.374 e. The van der Waals surface area contributed by atoms with Crippen molar-refractivity contribution in [2.75, 3.05) is 13.2 Å². The van der Waals surface area contributed by atoms with Crippen LogP contribution in [0.25, 0.3) is 0 Å². The number of carbonyl (C=O) groups excluding carboxylic acids is 1. The van der Waals surface area contributed by atoms with Gasteiger partial charge in [0.15, 0.2) is 5.78 Å². The molecule has 0 aromatic heterocycles. The lowest BCUT2D eigenvalue weighted by atomic mass is 10.1. The second-order valence-corrected chi connectivity index (χ2v) is 4.01. The Kier molecular flexibility index (Phi) is 4.58. The molecule has 76 valence electrons. The number of hydrogen-bond donors (Lipinski definition) is 0. The smallest absolute Gasteiger partial charge is 0.189 e. The molecule has 0 saturated heterocycles. The second kappa shape index (κ2) is 5.49. The lowest BCUT2D eigenvalue weighted by Gasteiger charge is -2.03. The van der Waals surface area contributed by atoms with Gasteiger partial charge >= 0.3 is 0 Å². The first-order valence-electron chi connectivity index (χ1n) is 4.21. The number of halogens is 2. The molecule has 0 aliphatic heterocycles. The number of ether oxygens (including phenoxy) is 1. The molecule has 0 unspecified atom stereocenters. The number of rotatable bonds is 4. The van der Waals surface area contributed by atoms with E-state index in [1.54, 1.807) is 18.2 Å². The molecule has 0 saturated carbocycles. The van der Waals surface area contributed by atoms with Gasteiger partial charge in [0.2, 0.25) is 0 Å².